The van der Waals surface area contributed by atoms with Crippen LogP contribution in [0.25, 0.3) is 0 Å². The van der Waals surface area contributed by atoms with Crippen LogP contribution in [-0.4, -0.2) is 151 Å². The number of carbonyl (C=O) groups excluding carboxylic acids is 2. The number of hydrogen-bond acceptors (Lipinski definition) is 16. The predicted octanol–water partition coefficient (Wildman–Crippen LogP) is 6.51. The van der Waals surface area contributed by atoms with Gasteiger partial charge >= 0.3 is 17.9 Å². The highest BCUT2D eigenvalue weighted by atomic mass is 16.7. The summed E-state index contributed by atoms with van der Waals surface area (Å²) in [5.74, 6) is -6.17. The van der Waals surface area contributed by atoms with Crippen molar-refractivity contribution in [2.24, 2.45) is 40.9 Å². The fourth-order valence-corrected chi connectivity index (χ4v) is 12.8. The van der Waals surface area contributed by atoms with E-state index in [1.807, 2.05) is 32.9 Å². The van der Waals surface area contributed by atoms with E-state index >= 15 is 0 Å². The predicted molar refractivity (Wildman–Crippen MR) is 260 cm³/mol. The van der Waals surface area contributed by atoms with Crippen molar-refractivity contribution < 1.29 is 81.8 Å². The lowest BCUT2D eigenvalue weighted by Gasteiger charge is -2.51. The molecule has 22 atom stereocenters. The van der Waals surface area contributed by atoms with Gasteiger partial charge in [-0.25, -0.2) is 0 Å². The third-order valence-corrected chi connectivity index (χ3v) is 17.5. The second-order valence-electron chi connectivity index (χ2n) is 22.9. The topological polar surface area (TPSA) is 213 Å². The second kappa shape index (κ2) is 21.9. The summed E-state index contributed by atoms with van der Waals surface area (Å²) in [5, 5.41) is 33.5. The van der Waals surface area contributed by atoms with E-state index in [1.165, 1.54) is 0 Å². The Labute approximate surface area is 425 Å². The minimum Gasteiger partial charge on any atom is -0.481 e. The van der Waals surface area contributed by atoms with Gasteiger partial charge in [0.05, 0.1) is 61.2 Å². The summed E-state index contributed by atoms with van der Waals surface area (Å²) in [5.41, 5.74) is -1.02. The Morgan fingerprint density at radius 2 is 1.60 bits per heavy atom. The van der Waals surface area contributed by atoms with Crippen molar-refractivity contribution in [3.05, 3.63) is 47.1 Å². The van der Waals surface area contributed by atoms with Gasteiger partial charge in [0, 0.05) is 52.2 Å². The number of hydrogen-bond donors (Lipinski definition) is 3. The number of fused-ring (bicyclic) bond motifs is 2. The van der Waals surface area contributed by atoms with Crippen LogP contribution in [0.3, 0.4) is 0 Å². The van der Waals surface area contributed by atoms with Gasteiger partial charge in [-0.15, -0.1) is 0 Å². The summed E-state index contributed by atoms with van der Waals surface area (Å²) in [4.78, 5) is 40.6. The van der Waals surface area contributed by atoms with Crippen LogP contribution in [-0.2, 0) is 66.5 Å². The van der Waals surface area contributed by atoms with E-state index in [1.54, 1.807) is 54.1 Å². The zero-order chi connectivity index (χ0) is 52.2. The lowest BCUT2D eigenvalue weighted by atomic mass is 9.70. The molecule has 8 aliphatic rings. The number of esters is 2. The van der Waals surface area contributed by atoms with Crippen LogP contribution in [0.5, 0.6) is 0 Å². The van der Waals surface area contributed by atoms with Crippen molar-refractivity contribution in [1.82, 2.24) is 0 Å². The third-order valence-electron chi connectivity index (χ3n) is 17.5. The number of rotatable bonds is 11. The molecule has 17 nitrogen and oxygen atoms in total. The SMILES string of the molecule is CC[C@H](C)[C@H]1O[C@]2(CC[C@@H]1C)C[C@@H]1C[C@@H](C/C=C(\C)[C@@H](O[C@H]3C[C@H](OC)[C@@H](O[C@H]4C[C@H](OC)[C@@H](O)[C@H](C)O4)[C@H](C)O3)[C@@H](C)/C=C/C=C3\CO[C@@H]4[C@H](OC(=O)C5C(C(=O)O)C5(C)C)C(C)=C[C@@H](C(=O)O1)[C@]34O)O2. The summed E-state index contributed by atoms with van der Waals surface area (Å²) in [7, 11) is 3.20. The number of carboxylic acids is 1. The average molecular weight is 1020 g/mol. The number of aliphatic hydroxyl groups excluding tert-OH is 1. The van der Waals surface area contributed by atoms with Crippen LogP contribution < -0.4 is 0 Å². The average Bonchev–Trinajstić information content (AvgIpc) is 3.78. The second-order valence-corrected chi connectivity index (χ2v) is 22.9. The Kier molecular flexibility index (Phi) is 16.8. The molecule has 6 fully saturated rings. The number of carbonyl (C=O) groups is 3. The molecule has 5 saturated heterocycles. The lowest BCUT2D eigenvalue weighted by molar-refractivity contribution is -0.340. The van der Waals surface area contributed by atoms with Gasteiger partial charge in [0.1, 0.15) is 35.9 Å². The van der Waals surface area contributed by atoms with Gasteiger partial charge in [-0.3, -0.25) is 14.4 Å². The molecule has 3 N–H and O–H groups in total. The number of allylic oxidation sites excluding steroid dienone is 2. The van der Waals surface area contributed by atoms with Gasteiger partial charge in [0.25, 0.3) is 0 Å². The number of methoxy groups -OCH3 is 2. The largest absolute Gasteiger partial charge is 0.481 e. The van der Waals surface area contributed by atoms with Gasteiger partial charge in [-0.05, 0) is 74.5 Å². The minimum atomic E-state index is -2.01. The van der Waals surface area contributed by atoms with Crippen molar-refractivity contribution in [3.63, 3.8) is 0 Å². The van der Waals surface area contributed by atoms with Crippen LogP contribution >= 0.6 is 0 Å². The molecule has 0 amide bonds. The fraction of sp³-hybridized carbons (Fsp3) is 0.800. The van der Waals surface area contributed by atoms with Crippen molar-refractivity contribution in [2.75, 3.05) is 20.8 Å². The number of carboxylic acid groups (broad SMARTS) is 1. The molecule has 2 unspecified atom stereocenters. The molecule has 404 valence electrons. The quantitative estimate of drug-likeness (QED) is 0.149. The van der Waals surface area contributed by atoms with Crippen molar-refractivity contribution in [2.45, 2.75) is 218 Å². The maximum atomic E-state index is 14.8. The molecule has 6 heterocycles. The maximum absolute atomic E-state index is 14.8. The molecule has 8 rings (SSSR count). The molecule has 2 bridgehead atoms. The van der Waals surface area contributed by atoms with E-state index in [0.29, 0.717) is 55.6 Å². The lowest BCUT2D eigenvalue weighted by Crippen LogP contribution is -2.59. The first kappa shape index (κ1) is 55.2. The summed E-state index contributed by atoms with van der Waals surface area (Å²) in [6.07, 6.45) is 5.18. The van der Waals surface area contributed by atoms with E-state index in [4.69, 9.17) is 52.1 Å². The van der Waals surface area contributed by atoms with Crippen molar-refractivity contribution in [3.8, 4) is 0 Å². The Balaban J connectivity index is 1.11. The molecule has 1 saturated carbocycles. The molecule has 17 heteroatoms. The van der Waals surface area contributed by atoms with E-state index in [2.05, 4.69) is 26.8 Å². The summed E-state index contributed by atoms with van der Waals surface area (Å²) in [6, 6.07) is 0. The number of aliphatic carboxylic acids is 1. The highest BCUT2D eigenvalue weighted by Gasteiger charge is 2.68. The van der Waals surface area contributed by atoms with Gasteiger partial charge < -0.3 is 67.4 Å². The zero-order valence-corrected chi connectivity index (χ0v) is 44.4. The standard InChI is InChI=1S/C55H82O17/c1-13-27(2)46-30(5)19-20-54(72-46)25-36-22-35(71-54)18-17-29(4)45(68-41-24-39(63-12)48(33(8)66-41)69-40-23-38(62-11)44(56)32(7)65-40)28(3)15-14-16-34-26-64-49-47(31(6)21-37(51(59)67-36)55(34,49)61)70-52(60)43-42(50(57)58)53(43,9)10/h14-17,21,27-28,30,32-33,35-49,56,61H,13,18-20,22-26H2,1-12H3,(H,57,58)/b15-14+,29-17+,34-16+/t27-,28-,30-,32-,33-,35+,36-,37-,38-,39-,40-,41-,42?,43?,44-,45-,46+,47+,48-,49+,54+,55+/m0/s1. The Morgan fingerprint density at radius 3 is 2.28 bits per heavy atom. The monoisotopic (exact) mass is 1010 g/mol. The first-order valence-corrected chi connectivity index (χ1v) is 26.5. The molecular weight excluding hydrogens is 933 g/mol. The van der Waals surface area contributed by atoms with Gasteiger partial charge in [0.15, 0.2) is 24.5 Å². The molecule has 6 aliphatic heterocycles. The fourth-order valence-electron chi connectivity index (χ4n) is 12.8. The van der Waals surface area contributed by atoms with E-state index in [9.17, 15) is 29.7 Å². The van der Waals surface area contributed by atoms with Crippen LogP contribution in [0.4, 0.5) is 0 Å². The smallest absolute Gasteiger partial charge is 0.316 e. The highest BCUT2D eigenvalue weighted by molar-refractivity contribution is 5.89. The molecule has 72 heavy (non-hydrogen) atoms. The molecule has 0 aromatic heterocycles. The zero-order valence-electron chi connectivity index (χ0n) is 44.4. The van der Waals surface area contributed by atoms with Gasteiger partial charge in [-0.2, -0.15) is 0 Å². The van der Waals surface area contributed by atoms with Crippen LogP contribution in [0.15, 0.2) is 47.1 Å². The number of ether oxygens (including phenoxy) is 11. The molecular formula is C55H82O17. The number of aliphatic hydroxyl groups is 2. The Hall–Kier alpha value is -3.07. The molecule has 2 aliphatic carbocycles. The minimum absolute atomic E-state index is 0.0625. The highest BCUT2D eigenvalue weighted by Crippen LogP contribution is 2.59. The van der Waals surface area contributed by atoms with Crippen molar-refractivity contribution in [1.29, 1.82) is 0 Å². The van der Waals surface area contributed by atoms with Crippen LogP contribution in [0.2, 0.25) is 0 Å². The van der Waals surface area contributed by atoms with Crippen molar-refractivity contribution >= 4 is 17.9 Å². The van der Waals surface area contributed by atoms with Gasteiger partial charge in [0.2, 0.25) is 0 Å². The van der Waals surface area contributed by atoms with Crippen LogP contribution in [0, 0.1) is 40.9 Å². The van der Waals surface area contributed by atoms with Crippen LogP contribution in [0.1, 0.15) is 121 Å². The van der Waals surface area contributed by atoms with E-state index in [-0.39, 0.29) is 24.5 Å². The summed E-state index contributed by atoms with van der Waals surface area (Å²) < 4.78 is 70.7. The first-order chi connectivity index (χ1) is 34.0. The molecule has 0 aromatic carbocycles. The third kappa shape index (κ3) is 10.8. The van der Waals surface area contributed by atoms with E-state index in [0.717, 1.165) is 18.4 Å². The normalized spacial score (nSPS) is 47.6. The van der Waals surface area contributed by atoms with E-state index < -0.39 is 132 Å². The molecule has 1 spiro atoms. The Morgan fingerprint density at radius 1 is 0.903 bits per heavy atom. The molecule has 0 aromatic rings. The molecule has 0 radical (unpaired) electrons. The first-order valence-electron chi connectivity index (χ1n) is 26.5. The summed E-state index contributed by atoms with van der Waals surface area (Å²) >= 11 is 0. The van der Waals surface area contributed by atoms with Gasteiger partial charge in [-0.1, -0.05) is 78.3 Å². The Bertz CT molecular complexity index is 2100. The maximum Gasteiger partial charge on any atom is 0.316 e. The summed E-state index contributed by atoms with van der Waals surface area (Å²) in [6.45, 7) is 19.4.